The van der Waals surface area contributed by atoms with E-state index in [1.165, 1.54) is 25.0 Å². The predicted octanol–water partition coefficient (Wildman–Crippen LogP) is 3.29. The molecule has 1 atom stereocenters. The van der Waals surface area contributed by atoms with Gasteiger partial charge in [-0.1, -0.05) is 25.5 Å². The molecule has 1 aromatic heterocycles. The summed E-state index contributed by atoms with van der Waals surface area (Å²) in [7, 11) is 0. The molecule has 1 fully saturated rings. The Kier molecular flexibility index (Phi) is 4.57. The molecular formula is C15H24N4. The van der Waals surface area contributed by atoms with E-state index in [0.717, 1.165) is 24.5 Å². The van der Waals surface area contributed by atoms with Crippen LogP contribution in [0.2, 0.25) is 0 Å². The highest BCUT2D eigenvalue weighted by Gasteiger charge is 2.28. The van der Waals surface area contributed by atoms with Crippen molar-refractivity contribution in [2.75, 3.05) is 0 Å². The van der Waals surface area contributed by atoms with Gasteiger partial charge in [-0.2, -0.15) is 5.26 Å². The third-order valence-electron chi connectivity index (χ3n) is 4.29. The molecule has 0 saturated heterocycles. The molecule has 2 rings (SSSR count). The first-order valence-electron chi connectivity index (χ1n) is 7.43. The third-order valence-corrected chi connectivity index (χ3v) is 4.29. The van der Waals surface area contributed by atoms with Gasteiger partial charge in [0.05, 0.1) is 29.9 Å². The molecule has 0 bridgehead atoms. The number of hydrogen-bond donors (Lipinski definition) is 0. The van der Waals surface area contributed by atoms with Crippen molar-refractivity contribution in [3.05, 3.63) is 11.4 Å². The van der Waals surface area contributed by atoms with Crippen LogP contribution in [0.4, 0.5) is 0 Å². The van der Waals surface area contributed by atoms with E-state index in [9.17, 15) is 0 Å². The fraction of sp³-hybridized carbons (Fsp3) is 0.800. The molecule has 19 heavy (non-hydrogen) atoms. The molecule has 1 aromatic rings. The van der Waals surface area contributed by atoms with Gasteiger partial charge in [0.1, 0.15) is 0 Å². The zero-order valence-corrected chi connectivity index (χ0v) is 12.3. The number of nitrogens with zero attached hydrogens (tertiary/aromatic N) is 4. The summed E-state index contributed by atoms with van der Waals surface area (Å²) in [5.41, 5.74) is 2.07. The molecule has 1 aliphatic rings. The van der Waals surface area contributed by atoms with Gasteiger partial charge in [-0.3, -0.25) is 0 Å². The second kappa shape index (κ2) is 6.18. The zero-order valence-electron chi connectivity index (χ0n) is 12.3. The Morgan fingerprint density at radius 3 is 2.63 bits per heavy atom. The van der Waals surface area contributed by atoms with Crippen molar-refractivity contribution in [2.45, 2.75) is 65.3 Å². The maximum absolute atomic E-state index is 8.91. The minimum absolute atomic E-state index is 0.380. The molecule has 4 heteroatoms. The number of nitriles is 1. The maximum atomic E-state index is 8.91. The SMILES string of the molecule is CC(C)CCc1c(CC#N)nnn1C(C)C1CCC1. The molecule has 1 saturated carbocycles. The van der Waals surface area contributed by atoms with Crippen LogP contribution in [-0.2, 0) is 12.8 Å². The molecule has 0 spiro atoms. The van der Waals surface area contributed by atoms with E-state index >= 15 is 0 Å². The monoisotopic (exact) mass is 260 g/mol. The van der Waals surface area contributed by atoms with Crippen molar-refractivity contribution in [3.63, 3.8) is 0 Å². The van der Waals surface area contributed by atoms with Crippen LogP contribution >= 0.6 is 0 Å². The Hall–Kier alpha value is -1.37. The molecule has 1 heterocycles. The maximum Gasteiger partial charge on any atom is 0.0999 e. The molecule has 0 amide bonds. The summed E-state index contributed by atoms with van der Waals surface area (Å²) in [6, 6.07) is 2.63. The first kappa shape index (κ1) is 14.0. The molecule has 104 valence electrons. The van der Waals surface area contributed by atoms with Crippen LogP contribution in [-0.4, -0.2) is 15.0 Å². The lowest BCUT2D eigenvalue weighted by Crippen LogP contribution is -2.25. The second-order valence-electron chi connectivity index (χ2n) is 6.13. The number of hydrogen-bond acceptors (Lipinski definition) is 3. The molecule has 1 aliphatic carbocycles. The van der Waals surface area contributed by atoms with Crippen molar-refractivity contribution in [3.8, 4) is 6.07 Å². The Bertz CT molecular complexity index is 451. The van der Waals surface area contributed by atoms with Gasteiger partial charge in [0.15, 0.2) is 0 Å². The summed E-state index contributed by atoms with van der Waals surface area (Å²) in [5, 5.41) is 17.5. The molecule has 0 N–H and O–H groups in total. The highest BCUT2D eigenvalue weighted by Crippen LogP contribution is 2.36. The number of aromatic nitrogens is 3. The van der Waals surface area contributed by atoms with Gasteiger partial charge in [-0.05, 0) is 44.4 Å². The smallest absolute Gasteiger partial charge is 0.0999 e. The van der Waals surface area contributed by atoms with E-state index < -0.39 is 0 Å². The van der Waals surface area contributed by atoms with Gasteiger partial charge in [-0.15, -0.1) is 5.10 Å². The van der Waals surface area contributed by atoms with E-state index in [1.807, 2.05) is 0 Å². The van der Waals surface area contributed by atoms with Gasteiger partial charge in [0.25, 0.3) is 0 Å². The average molecular weight is 260 g/mol. The Labute approximate surface area is 115 Å². The van der Waals surface area contributed by atoms with Gasteiger partial charge in [0.2, 0.25) is 0 Å². The molecule has 0 aliphatic heterocycles. The Balaban J connectivity index is 2.18. The van der Waals surface area contributed by atoms with Crippen molar-refractivity contribution in [2.24, 2.45) is 11.8 Å². The van der Waals surface area contributed by atoms with E-state index in [1.54, 1.807) is 0 Å². The fourth-order valence-corrected chi connectivity index (χ4v) is 2.69. The van der Waals surface area contributed by atoms with Crippen LogP contribution in [0.3, 0.4) is 0 Å². The van der Waals surface area contributed by atoms with Gasteiger partial charge in [-0.25, -0.2) is 4.68 Å². The summed E-state index contributed by atoms with van der Waals surface area (Å²) < 4.78 is 2.10. The summed E-state index contributed by atoms with van der Waals surface area (Å²) >= 11 is 0. The average Bonchev–Trinajstić information content (AvgIpc) is 2.67. The highest BCUT2D eigenvalue weighted by molar-refractivity contribution is 5.15. The first-order chi connectivity index (χ1) is 9.13. The van der Waals surface area contributed by atoms with Gasteiger partial charge in [0, 0.05) is 0 Å². The van der Waals surface area contributed by atoms with Crippen molar-refractivity contribution in [1.29, 1.82) is 5.26 Å². The van der Waals surface area contributed by atoms with E-state index in [4.69, 9.17) is 5.26 Å². The van der Waals surface area contributed by atoms with Crippen LogP contribution in [0.1, 0.15) is 63.9 Å². The van der Waals surface area contributed by atoms with Gasteiger partial charge < -0.3 is 0 Å². The largest absolute Gasteiger partial charge is 0.246 e. The number of rotatable bonds is 6. The summed E-state index contributed by atoms with van der Waals surface area (Å²) in [6.07, 6.45) is 6.44. The third kappa shape index (κ3) is 3.15. The van der Waals surface area contributed by atoms with Crippen molar-refractivity contribution >= 4 is 0 Å². The normalized spacial score (nSPS) is 17.2. The molecule has 0 aromatic carbocycles. The van der Waals surface area contributed by atoms with Crippen LogP contribution in [0.15, 0.2) is 0 Å². The summed E-state index contributed by atoms with van der Waals surface area (Å²) in [5.74, 6) is 1.41. The van der Waals surface area contributed by atoms with Crippen LogP contribution in [0.25, 0.3) is 0 Å². The summed E-state index contributed by atoms with van der Waals surface area (Å²) in [4.78, 5) is 0. The molecule has 1 unspecified atom stereocenters. The highest BCUT2D eigenvalue weighted by atomic mass is 15.4. The first-order valence-corrected chi connectivity index (χ1v) is 7.43. The van der Waals surface area contributed by atoms with Crippen molar-refractivity contribution in [1.82, 2.24) is 15.0 Å². The lowest BCUT2D eigenvalue weighted by Gasteiger charge is -2.32. The van der Waals surface area contributed by atoms with E-state index in [2.05, 4.69) is 41.8 Å². The fourth-order valence-electron chi connectivity index (χ4n) is 2.69. The minimum Gasteiger partial charge on any atom is -0.246 e. The second-order valence-corrected chi connectivity index (χ2v) is 6.13. The predicted molar refractivity (Wildman–Crippen MR) is 74.6 cm³/mol. The topological polar surface area (TPSA) is 54.5 Å². The lowest BCUT2D eigenvalue weighted by molar-refractivity contribution is 0.204. The molecule has 4 nitrogen and oxygen atoms in total. The standard InChI is InChI=1S/C15H24N4/c1-11(2)7-8-15-14(9-10-16)17-18-19(15)12(3)13-5-4-6-13/h11-13H,4-9H2,1-3H3. The Morgan fingerprint density at radius 2 is 2.11 bits per heavy atom. The van der Waals surface area contributed by atoms with E-state index in [0.29, 0.717) is 18.4 Å². The molecule has 0 radical (unpaired) electrons. The molecular weight excluding hydrogens is 236 g/mol. The van der Waals surface area contributed by atoms with Crippen LogP contribution < -0.4 is 0 Å². The van der Waals surface area contributed by atoms with Crippen molar-refractivity contribution < 1.29 is 0 Å². The van der Waals surface area contributed by atoms with E-state index in [-0.39, 0.29) is 0 Å². The minimum atomic E-state index is 0.380. The van der Waals surface area contributed by atoms with Crippen LogP contribution in [0.5, 0.6) is 0 Å². The quantitative estimate of drug-likeness (QED) is 0.788. The van der Waals surface area contributed by atoms with Gasteiger partial charge >= 0.3 is 0 Å². The van der Waals surface area contributed by atoms with Crippen LogP contribution in [0, 0.1) is 23.2 Å². The summed E-state index contributed by atoms with van der Waals surface area (Å²) in [6.45, 7) is 6.70. The zero-order chi connectivity index (χ0) is 13.8. The Morgan fingerprint density at radius 1 is 1.37 bits per heavy atom. The lowest BCUT2D eigenvalue weighted by atomic mass is 9.80.